The Morgan fingerprint density at radius 3 is 2.50 bits per heavy atom. The van der Waals surface area contributed by atoms with Crippen molar-refractivity contribution < 1.29 is 0 Å². The Bertz CT molecular complexity index is 189. The predicted octanol–water partition coefficient (Wildman–Crippen LogP) is 1.39. The minimum Gasteiger partial charge on any atom is -0.392 e. The maximum Gasteiger partial charge on any atom is 0.0899 e. The third kappa shape index (κ3) is 2.17. The first kappa shape index (κ1) is 9.93. The molecule has 2 nitrogen and oxygen atoms in total. The van der Waals surface area contributed by atoms with E-state index >= 15 is 0 Å². The number of hydrogen-bond acceptors (Lipinski definition) is 2. The molecule has 1 heterocycles. The molecule has 0 saturated carbocycles. The fraction of sp³-hybridized carbons (Fsp3) is 0.889. The molecular formula is C9H18N2S. The van der Waals surface area contributed by atoms with Crippen molar-refractivity contribution in [2.75, 3.05) is 13.1 Å². The monoisotopic (exact) mass is 186 g/mol. The van der Waals surface area contributed by atoms with Crippen molar-refractivity contribution in [1.29, 1.82) is 0 Å². The summed E-state index contributed by atoms with van der Waals surface area (Å²) in [5.41, 5.74) is 6.04. The summed E-state index contributed by atoms with van der Waals surface area (Å²) >= 11 is 4.97. The van der Waals surface area contributed by atoms with Crippen molar-refractivity contribution in [3.63, 3.8) is 0 Å². The molecule has 1 aliphatic heterocycles. The van der Waals surface area contributed by atoms with Gasteiger partial charge in [-0.1, -0.05) is 26.1 Å². The molecule has 70 valence electrons. The second-order valence-electron chi connectivity index (χ2n) is 4.46. The van der Waals surface area contributed by atoms with Crippen molar-refractivity contribution >= 4 is 17.2 Å². The highest BCUT2D eigenvalue weighted by molar-refractivity contribution is 7.80. The first-order valence-corrected chi connectivity index (χ1v) is 4.86. The zero-order valence-corrected chi connectivity index (χ0v) is 8.95. The summed E-state index contributed by atoms with van der Waals surface area (Å²) < 4.78 is 0. The third-order valence-electron chi connectivity index (χ3n) is 2.67. The van der Waals surface area contributed by atoms with E-state index in [1.54, 1.807) is 0 Å². The zero-order chi connectivity index (χ0) is 9.35. The number of hydrogen-bond donors (Lipinski definition) is 1. The summed E-state index contributed by atoms with van der Waals surface area (Å²) in [5.74, 6) is 0. The first-order chi connectivity index (χ1) is 5.42. The molecule has 3 heteroatoms. The van der Waals surface area contributed by atoms with Crippen molar-refractivity contribution in [3.05, 3.63) is 0 Å². The Labute approximate surface area is 80.1 Å². The van der Waals surface area contributed by atoms with Crippen LogP contribution in [0.5, 0.6) is 0 Å². The van der Waals surface area contributed by atoms with Crippen LogP contribution in [0.15, 0.2) is 0 Å². The summed E-state index contributed by atoms with van der Waals surface area (Å²) in [4.78, 5) is 2.98. The Morgan fingerprint density at radius 2 is 2.17 bits per heavy atom. The summed E-state index contributed by atoms with van der Waals surface area (Å²) in [5, 5.41) is 0. The van der Waals surface area contributed by atoms with Crippen LogP contribution < -0.4 is 5.73 Å². The molecule has 0 radical (unpaired) electrons. The second-order valence-corrected chi connectivity index (χ2v) is 4.93. The fourth-order valence-electron chi connectivity index (χ4n) is 1.66. The van der Waals surface area contributed by atoms with E-state index in [0.29, 0.717) is 10.4 Å². The molecule has 0 aromatic rings. The highest BCUT2D eigenvalue weighted by Crippen LogP contribution is 2.29. The van der Waals surface area contributed by atoms with Crippen LogP contribution in [0.1, 0.15) is 27.2 Å². The van der Waals surface area contributed by atoms with Crippen molar-refractivity contribution in [2.24, 2.45) is 11.1 Å². The highest BCUT2D eigenvalue weighted by atomic mass is 32.1. The van der Waals surface area contributed by atoms with Gasteiger partial charge in [-0.15, -0.1) is 0 Å². The van der Waals surface area contributed by atoms with Crippen molar-refractivity contribution in [3.8, 4) is 0 Å². The maximum atomic E-state index is 5.59. The molecule has 1 saturated heterocycles. The van der Waals surface area contributed by atoms with Crippen LogP contribution in [0.2, 0.25) is 0 Å². The van der Waals surface area contributed by atoms with Crippen LogP contribution in [0.3, 0.4) is 0 Å². The normalized spacial score (nSPS) is 25.6. The topological polar surface area (TPSA) is 29.3 Å². The molecule has 0 bridgehead atoms. The molecule has 0 spiro atoms. The lowest BCUT2D eigenvalue weighted by molar-refractivity contribution is 0.274. The van der Waals surface area contributed by atoms with Crippen LogP contribution in [0.4, 0.5) is 0 Å². The van der Waals surface area contributed by atoms with Gasteiger partial charge < -0.3 is 5.73 Å². The van der Waals surface area contributed by atoms with Crippen LogP contribution in [0, 0.1) is 5.41 Å². The number of nitrogens with two attached hydrogens (primary N) is 1. The molecule has 0 aromatic heterocycles. The number of likely N-dealkylation sites (tertiary alicyclic amines) is 1. The Kier molecular flexibility index (Phi) is 2.74. The number of nitrogens with zero attached hydrogens (tertiary/aromatic N) is 1. The molecule has 12 heavy (non-hydrogen) atoms. The molecule has 2 N–H and O–H groups in total. The van der Waals surface area contributed by atoms with Crippen LogP contribution >= 0.6 is 12.2 Å². The van der Waals surface area contributed by atoms with E-state index in [9.17, 15) is 0 Å². The summed E-state index contributed by atoms with van der Waals surface area (Å²) in [6, 6.07) is 0.266. The molecule has 1 unspecified atom stereocenters. The zero-order valence-electron chi connectivity index (χ0n) is 8.13. The van der Waals surface area contributed by atoms with Crippen molar-refractivity contribution in [2.45, 2.75) is 33.2 Å². The lowest BCUT2D eigenvalue weighted by atomic mass is 9.93. The van der Waals surface area contributed by atoms with Crippen LogP contribution in [0.25, 0.3) is 0 Å². The summed E-state index contributed by atoms with van der Waals surface area (Å²) in [6.07, 6.45) is 1.25. The molecule has 1 aliphatic rings. The van der Waals surface area contributed by atoms with E-state index in [1.807, 2.05) is 0 Å². The van der Waals surface area contributed by atoms with Gasteiger partial charge in [0.15, 0.2) is 0 Å². The van der Waals surface area contributed by atoms with Gasteiger partial charge >= 0.3 is 0 Å². The minimum absolute atomic E-state index is 0.266. The molecular weight excluding hydrogens is 168 g/mol. The Morgan fingerprint density at radius 1 is 1.58 bits per heavy atom. The molecule has 1 fully saturated rings. The van der Waals surface area contributed by atoms with E-state index in [1.165, 1.54) is 6.42 Å². The smallest absolute Gasteiger partial charge is 0.0899 e. The second kappa shape index (κ2) is 3.30. The van der Waals surface area contributed by atoms with Gasteiger partial charge in [-0.2, -0.15) is 0 Å². The van der Waals surface area contributed by atoms with Gasteiger partial charge in [0.1, 0.15) is 0 Å². The van der Waals surface area contributed by atoms with Crippen LogP contribution in [-0.4, -0.2) is 29.0 Å². The largest absolute Gasteiger partial charge is 0.392 e. The van der Waals surface area contributed by atoms with Crippen molar-refractivity contribution in [1.82, 2.24) is 4.90 Å². The van der Waals surface area contributed by atoms with E-state index in [-0.39, 0.29) is 6.04 Å². The van der Waals surface area contributed by atoms with Gasteiger partial charge in [-0.05, 0) is 25.3 Å². The SMILES string of the molecule is CC(C(N)=S)N1CCC(C)(C)C1. The van der Waals surface area contributed by atoms with Gasteiger partial charge in [-0.3, -0.25) is 4.90 Å². The van der Waals surface area contributed by atoms with Gasteiger partial charge in [-0.25, -0.2) is 0 Å². The number of thiocarbonyl (C=S) groups is 1. The maximum absolute atomic E-state index is 5.59. The molecule has 0 amide bonds. The Balaban J connectivity index is 2.52. The summed E-state index contributed by atoms with van der Waals surface area (Å²) in [6.45, 7) is 8.92. The molecule has 0 aromatic carbocycles. The molecule has 0 aliphatic carbocycles. The molecule has 1 atom stereocenters. The van der Waals surface area contributed by atoms with E-state index in [4.69, 9.17) is 18.0 Å². The first-order valence-electron chi connectivity index (χ1n) is 4.46. The molecule has 1 rings (SSSR count). The van der Waals surface area contributed by atoms with E-state index < -0.39 is 0 Å². The average Bonchev–Trinajstić information content (AvgIpc) is 2.28. The average molecular weight is 186 g/mol. The van der Waals surface area contributed by atoms with E-state index in [0.717, 1.165) is 13.1 Å². The van der Waals surface area contributed by atoms with E-state index in [2.05, 4.69) is 25.7 Å². The van der Waals surface area contributed by atoms with Crippen LogP contribution in [-0.2, 0) is 0 Å². The predicted molar refractivity (Wildman–Crippen MR) is 56.2 cm³/mol. The Hall–Kier alpha value is -0.150. The lowest BCUT2D eigenvalue weighted by Crippen LogP contribution is -2.40. The number of rotatable bonds is 2. The third-order valence-corrected chi connectivity index (χ3v) is 3.01. The highest BCUT2D eigenvalue weighted by Gasteiger charge is 2.32. The quantitative estimate of drug-likeness (QED) is 0.661. The standard InChI is InChI=1S/C9H18N2S/c1-7(8(10)12)11-5-4-9(2,3)6-11/h7H,4-6H2,1-3H3,(H2,10,12). The van der Waals surface area contributed by atoms with Gasteiger partial charge in [0.2, 0.25) is 0 Å². The summed E-state index contributed by atoms with van der Waals surface area (Å²) in [7, 11) is 0. The minimum atomic E-state index is 0.266. The fourth-order valence-corrected chi connectivity index (χ4v) is 1.81. The lowest BCUT2D eigenvalue weighted by Gasteiger charge is -2.24. The van der Waals surface area contributed by atoms with Gasteiger partial charge in [0, 0.05) is 6.54 Å². The van der Waals surface area contributed by atoms with Gasteiger partial charge in [0.25, 0.3) is 0 Å². The van der Waals surface area contributed by atoms with Gasteiger partial charge in [0.05, 0.1) is 11.0 Å².